The van der Waals surface area contributed by atoms with Gasteiger partial charge < -0.3 is 14.2 Å². The first kappa shape index (κ1) is 21.9. The highest BCUT2D eigenvalue weighted by atomic mass is 32.1. The molecule has 3 heterocycles. The largest absolute Gasteiger partial charge is 0.463 e. The van der Waals surface area contributed by atoms with E-state index in [2.05, 4.69) is 4.99 Å². The van der Waals surface area contributed by atoms with Gasteiger partial charge in [0.15, 0.2) is 16.3 Å². The van der Waals surface area contributed by atoms with Crippen molar-refractivity contribution in [3.8, 4) is 11.5 Å². The van der Waals surface area contributed by atoms with Crippen LogP contribution in [-0.2, 0) is 9.53 Å². The third-order valence-corrected chi connectivity index (χ3v) is 6.51. The van der Waals surface area contributed by atoms with Crippen LogP contribution in [0.25, 0.3) is 12.2 Å². The van der Waals surface area contributed by atoms with Crippen molar-refractivity contribution in [1.82, 2.24) is 4.57 Å². The van der Waals surface area contributed by atoms with Gasteiger partial charge in [0, 0.05) is 0 Å². The minimum Gasteiger partial charge on any atom is -0.463 e. The fourth-order valence-corrected chi connectivity index (χ4v) is 4.99. The van der Waals surface area contributed by atoms with Crippen LogP contribution in [0.4, 0.5) is 0 Å². The number of hydrogen-bond donors (Lipinski definition) is 0. The van der Waals surface area contributed by atoms with E-state index >= 15 is 0 Å². The molecule has 0 saturated carbocycles. The van der Waals surface area contributed by atoms with Gasteiger partial charge in [0.1, 0.15) is 0 Å². The van der Waals surface area contributed by atoms with Crippen LogP contribution in [-0.4, -0.2) is 23.9 Å². The monoisotopic (exact) mass is 474 g/mol. The van der Waals surface area contributed by atoms with Gasteiger partial charge in [-0.15, -0.1) is 0 Å². The van der Waals surface area contributed by atoms with Gasteiger partial charge in [0.05, 0.1) is 28.5 Å². The number of fused-ring (bicyclic) bond motifs is 2. The van der Waals surface area contributed by atoms with Gasteiger partial charge >= 0.3 is 5.97 Å². The van der Waals surface area contributed by atoms with Crippen LogP contribution < -0.4 is 24.4 Å². The molecule has 172 valence electrons. The van der Waals surface area contributed by atoms with E-state index in [4.69, 9.17) is 14.2 Å². The van der Waals surface area contributed by atoms with Gasteiger partial charge in [-0.1, -0.05) is 59.9 Å². The Bertz CT molecular complexity index is 1500. The summed E-state index contributed by atoms with van der Waals surface area (Å²) in [4.78, 5) is 31.5. The second kappa shape index (κ2) is 9.15. The average molecular weight is 475 g/mol. The molecule has 0 amide bonds. The molecule has 34 heavy (non-hydrogen) atoms. The van der Waals surface area contributed by atoms with Crippen molar-refractivity contribution in [1.29, 1.82) is 0 Å². The van der Waals surface area contributed by atoms with E-state index in [0.29, 0.717) is 32.1 Å². The maximum Gasteiger partial charge on any atom is 0.338 e. The highest BCUT2D eigenvalue weighted by Crippen LogP contribution is 2.32. The Morgan fingerprint density at radius 1 is 1.18 bits per heavy atom. The fourth-order valence-electron chi connectivity index (χ4n) is 3.94. The molecule has 0 N–H and O–H groups in total. The molecule has 0 bridgehead atoms. The van der Waals surface area contributed by atoms with Crippen LogP contribution in [0, 0.1) is 0 Å². The zero-order chi connectivity index (χ0) is 23.7. The van der Waals surface area contributed by atoms with Crippen LogP contribution in [0.3, 0.4) is 0 Å². The van der Waals surface area contributed by atoms with E-state index < -0.39 is 12.0 Å². The molecule has 0 radical (unpaired) electrons. The number of allylic oxidation sites excluding steroid dienone is 2. The molecule has 8 heteroatoms. The van der Waals surface area contributed by atoms with Gasteiger partial charge in [0.2, 0.25) is 6.79 Å². The second-order valence-electron chi connectivity index (χ2n) is 7.73. The Hall–Kier alpha value is -3.91. The summed E-state index contributed by atoms with van der Waals surface area (Å²) in [6.07, 6.45) is 5.55. The lowest BCUT2D eigenvalue weighted by Crippen LogP contribution is -2.38. The predicted molar refractivity (Wildman–Crippen MR) is 129 cm³/mol. The van der Waals surface area contributed by atoms with Crippen molar-refractivity contribution < 1.29 is 19.0 Å². The van der Waals surface area contributed by atoms with Crippen LogP contribution in [0.15, 0.2) is 75.7 Å². The first-order valence-electron chi connectivity index (χ1n) is 10.9. The third-order valence-electron chi connectivity index (χ3n) is 5.52. The number of benzene rings is 2. The Labute approximate surface area is 199 Å². The molecule has 0 aliphatic carbocycles. The molecule has 1 aromatic heterocycles. The van der Waals surface area contributed by atoms with Crippen molar-refractivity contribution >= 4 is 29.5 Å². The molecule has 5 rings (SSSR count). The number of esters is 1. The molecule has 0 unspecified atom stereocenters. The number of carbonyl (C=O) groups excluding carboxylic acids is 1. The number of nitrogens with zero attached hydrogens (tertiary/aromatic N) is 2. The van der Waals surface area contributed by atoms with Crippen molar-refractivity contribution in [2.45, 2.75) is 19.9 Å². The summed E-state index contributed by atoms with van der Waals surface area (Å²) >= 11 is 1.28. The zero-order valence-corrected chi connectivity index (χ0v) is 19.5. The van der Waals surface area contributed by atoms with Gasteiger partial charge in [0.25, 0.3) is 5.56 Å². The fraction of sp³-hybridized carbons (Fsp3) is 0.192. The van der Waals surface area contributed by atoms with E-state index in [1.54, 1.807) is 24.5 Å². The summed E-state index contributed by atoms with van der Waals surface area (Å²) in [5, 5.41) is 0. The standard InChI is InChI=1S/C26H22N2O5S/c1-3-31-25(30)23-16(2)27-26-28(19(23)11-9-17-7-5-4-6-8-17)24(29)22(34-26)14-18-10-12-20-21(13-18)33-15-32-20/h4-14,19H,3,15H2,1-2H3/b11-9+,22-14-/t19-/m0/s1. The molecule has 1 atom stereocenters. The lowest BCUT2D eigenvalue weighted by Gasteiger charge is -2.21. The van der Waals surface area contributed by atoms with E-state index in [1.807, 2.05) is 60.7 Å². The minimum atomic E-state index is -0.630. The molecular formula is C26H22N2O5S. The quantitative estimate of drug-likeness (QED) is 0.531. The number of rotatable bonds is 5. The molecule has 0 saturated heterocycles. The average Bonchev–Trinajstić information content (AvgIpc) is 3.42. The summed E-state index contributed by atoms with van der Waals surface area (Å²) in [6.45, 7) is 3.94. The number of ether oxygens (including phenoxy) is 3. The van der Waals surface area contributed by atoms with Crippen LogP contribution in [0.5, 0.6) is 11.5 Å². The van der Waals surface area contributed by atoms with E-state index in [1.165, 1.54) is 11.3 Å². The lowest BCUT2D eigenvalue weighted by atomic mass is 10.0. The number of aromatic nitrogens is 1. The van der Waals surface area contributed by atoms with Gasteiger partial charge in [-0.3, -0.25) is 9.36 Å². The topological polar surface area (TPSA) is 79.1 Å². The van der Waals surface area contributed by atoms with Crippen molar-refractivity contribution in [3.05, 3.63) is 96.7 Å². The highest BCUT2D eigenvalue weighted by Gasteiger charge is 2.30. The summed E-state index contributed by atoms with van der Waals surface area (Å²) in [5.74, 6) is 0.849. The van der Waals surface area contributed by atoms with Crippen LogP contribution >= 0.6 is 11.3 Å². The predicted octanol–water partition coefficient (Wildman–Crippen LogP) is 3.19. The molecule has 3 aromatic rings. The number of hydrogen-bond acceptors (Lipinski definition) is 7. The normalized spacial score (nSPS) is 17.1. The summed E-state index contributed by atoms with van der Waals surface area (Å²) in [7, 11) is 0. The molecular weight excluding hydrogens is 452 g/mol. The zero-order valence-electron chi connectivity index (χ0n) is 18.7. The van der Waals surface area contributed by atoms with Crippen molar-refractivity contribution in [3.63, 3.8) is 0 Å². The van der Waals surface area contributed by atoms with E-state index in [0.717, 1.165) is 11.1 Å². The second-order valence-corrected chi connectivity index (χ2v) is 8.74. The Morgan fingerprint density at radius 2 is 1.97 bits per heavy atom. The van der Waals surface area contributed by atoms with Gasteiger partial charge in [-0.2, -0.15) is 0 Å². The first-order valence-corrected chi connectivity index (χ1v) is 11.7. The van der Waals surface area contributed by atoms with Crippen LogP contribution in [0.1, 0.15) is 31.0 Å². The van der Waals surface area contributed by atoms with Crippen molar-refractivity contribution in [2.24, 2.45) is 4.99 Å². The smallest absolute Gasteiger partial charge is 0.338 e. The maximum absolute atomic E-state index is 13.5. The number of carbonyl (C=O) groups is 1. The molecule has 2 aliphatic rings. The number of thiazole rings is 1. The summed E-state index contributed by atoms with van der Waals surface area (Å²) in [5.41, 5.74) is 2.45. The third kappa shape index (κ3) is 4.08. The maximum atomic E-state index is 13.5. The molecule has 0 fully saturated rings. The Morgan fingerprint density at radius 3 is 2.76 bits per heavy atom. The first-order chi connectivity index (χ1) is 16.5. The molecule has 0 spiro atoms. The summed E-state index contributed by atoms with van der Waals surface area (Å²) < 4.78 is 18.2. The summed E-state index contributed by atoms with van der Waals surface area (Å²) in [6, 6.07) is 14.6. The minimum absolute atomic E-state index is 0.185. The Kier molecular flexibility index (Phi) is 5.90. The van der Waals surface area contributed by atoms with Crippen molar-refractivity contribution in [2.75, 3.05) is 13.4 Å². The van der Waals surface area contributed by atoms with Gasteiger partial charge in [-0.25, -0.2) is 9.79 Å². The molecule has 7 nitrogen and oxygen atoms in total. The van der Waals surface area contributed by atoms with E-state index in [9.17, 15) is 9.59 Å². The van der Waals surface area contributed by atoms with Gasteiger partial charge in [-0.05, 0) is 43.2 Å². The lowest BCUT2D eigenvalue weighted by molar-refractivity contribution is -0.139. The highest BCUT2D eigenvalue weighted by molar-refractivity contribution is 7.07. The van der Waals surface area contributed by atoms with Crippen LogP contribution in [0.2, 0.25) is 0 Å². The molecule has 2 aliphatic heterocycles. The van der Waals surface area contributed by atoms with E-state index in [-0.39, 0.29) is 19.0 Å². The Balaban J connectivity index is 1.63. The SMILES string of the molecule is CCOC(=O)C1=C(C)N=c2s/c(=C\c3ccc4c(c3)OCO4)c(=O)n2[C@H]1/C=C/c1ccccc1. The molecule has 2 aromatic carbocycles.